The molecule has 2 heterocycles. The quantitative estimate of drug-likeness (QED) is 0.863. The van der Waals surface area contributed by atoms with Gasteiger partial charge in [0, 0.05) is 11.1 Å². The van der Waals surface area contributed by atoms with Crippen LogP contribution in [0.4, 0.5) is 5.69 Å². The fraction of sp³-hybridized carbons (Fsp3) is 0.118. The second-order valence-electron chi connectivity index (χ2n) is 5.36. The van der Waals surface area contributed by atoms with Crippen molar-refractivity contribution in [1.82, 2.24) is 0 Å². The highest BCUT2D eigenvalue weighted by molar-refractivity contribution is 6.20. The Bertz CT molecular complexity index is 873. The zero-order valence-electron chi connectivity index (χ0n) is 12.0. The summed E-state index contributed by atoms with van der Waals surface area (Å²) in [6.07, 6.45) is 0.0963. The molecule has 0 saturated carbocycles. The van der Waals surface area contributed by atoms with Crippen molar-refractivity contribution in [2.45, 2.75) is 13.0 Å². The highest BCUT2D eigenvalue weighted by atomic mass is 16.5. The lowest BCUT2D eigenvalue weighted by Crippen LogP contribution is -2.19. The molecule has 2 aliphatic heterocycles. The molecule has 0 saturated heterocycles. The van der Waals surface area contributed by atoms with E-state index in [9.17, 15) is 14.7 Å². The number of carbonyl (C=O) groups excluding carboxylic acids is 2. The average molecular weight is 308 g/mol. The number of cyclic esters (lactones) is 1. The molecule has 6 nitrogen and oxygen atoms in total. The van der Waals surface area contributed by atoms with Crippen molar-refractivity contribution < 1.29 is 19.4 Å². The Morgan fingerprint density at radius 1 is 1.09 bits per heavy atom. The summed E-state index contributed by atoms with van der Waals surface area (Å²) in [5, 5.41) is 15.5. The lowest BCUT2D eigenvalue weighted by Gasteiger charge is -2.12. The second kappa shape index (κ2) is 4.95. The van der Waals surface area contributed by atoms with Gasteiger partial charge in [-0.2, -0.15) is 5.10 Å². The van der Waals surface area contributed by atoms with Gasteiger partial charge in [-0.3, -0.25) is 4.79 Å². The number of fused-ring (bicyclic) bond motifs is 1. The molecule has 0 atom stereocenters. The first-order valence-electron chi connectivity index (χ1n) is 7.12. The van der Waals surface area contributed by atoms with Gasteiger partial charge in [0.15, 0.2) is 0 Å². The zero-order chi connectivity index (χ0) is 16.0. The Morgan fingerprint density at radius 3 is 2.74 bits per heavy atom. The first-order chi connectivity index (χ1) is 11.1. The number of benzene rings is 2. The van der Waals surface area contributed by atoms with Gasteiger partial charge in [0.1, 0.15) is 12.4 Å². The van der Waals surface area contributed by atoms with E-state index in [2.05, 4.69) is 5.10 Å². The summed E-state index contributed by atoms with van der Waals surface area (Å²) in [4.78, 5) is 23.9. The molecule has 0 aromatic heterocycles. The fourth-order valence-corrected chi connectivity index (χ4v) is 2.73. The van der Waals surface area contributed by atoms with E-state index in [1.165, 1.54) is 5.01 Å². The summed E-state index contributed by atoms with van der Waals surface area (Å²) in [7, 11) is 0. The highest BCUT2D eigenvalue weighted by Gasteiger charge is 2.29. The van der Waals surface area contributed by atoms with Crippen LogP contribution in [-0.2, 0) is 16.1 Å². The monoisotopic (exact) mass is 308 g/mol. The summed E-state index contributed by atoms with van der Waals surface area (Å²) in [6.45, 7) is 0.259. The Morgan fingerprint density at radius 2 is 1.91 bits per heavy atom. The molecule has 1 amide bonds. The summed E-state index contributed by atoms with van der Waals surface area (Å²) in [5.74, 6) is -0.522. The molecule has 6 heteroatoms. The number of hydrogen-bond acceptors (Lipinski definition) is 5. The van der Waals surface area contributed by atoms with E-state index in [1.807, 2.05) is 0 Å². The van der Waals surface area contributed by atoms with Gasteiger partial charge in [-0.15, -0.1) is 0 Å². The molecule has 0 aliphatic carbocycles. The number of carbonyl (C=O) groups is 2. The van der Waals surface area contributed by atoms with Crippen LogP contribution in [0.3, 0.4) is 0 Å². The number of phenols is 1. The largest absolute Gasteiger partial charge is 0.507 e. The second-order valence-corrected chi connectivity index (χ2v) is 5.36. The summed E-state index contributed by atoms with van der Waals surface area (Å²) < 4.78 is 4.96. The number of hydrogen-bond donors (Lipinski definition) is 1. The normalized spacial score (nSPS) is 16.3. The molecule has 2 aromatic carbocycles. The van der Waals surface area contributed by atoms with E-state index in [0.29, 0.717) is 22.5 Å². The Labute approximate surface area is 131 Å². The molecule has 2 aromatic rings. The predicted octanol–water partition coefficient (Wildman–Crippen LogP) is 2.20. The van der Waals surface area contributed by atoms with Crippen LogP contribution in [0.5, 0.6) is 5.75 Å². The van der Waals surface area contributed by atoms with Crippen LogP contribution in [0, 0.1) is 0 Å². The maximum absolute atomic E-state index is 12.3. The van der Waals surface area contributed by atoms with Gasteiger partial charge in [0.25, 0.3) is 5.91 Å². The number of anilines is 1. The number of ether oxygens (including phenoxy) is 1. The molecule has 0 bridgehead atoms. The topological polar surface area (TPSA) is 79.2 Å². The third-order valence-electron chi connectivity index (χ3n) is 3.91. The number of nitrogens with zero attached hydrogens (tertiary/aromatic N) is 2. The Hall–Kier alpha value is -3.15. The van der Waals surface area contributed by atoms with Crippen LogP contribution in [0.2, 0.25) is 0 Å². The highest BCUT2D eigenvalue weighted by Crippen LogP contribution is 2.30. The van der Waals surface area contributed by atoms with Gasteiger partial charge < -0.3 is 9.84 Å². The van der Waals surface area contributed by atoms with Crippen LogP contribution >= 0.6 is 0 Å². The Balaban J connectivity index is 1.73. The number of amides is 1. The lowest BCUT2D eigenvalue weighted by atomic mass is 10.1. The summed E-state index contributed by atoms with van der Waals surface area (Å²) >= 11 is 0. The van der Waals surface area contributed by atoms with Crippen molar-refractivity contribution in [3.63, 3.8) is 0 Å². The van der Waals surface area contributed by atoms with Crippen molar-refractivity contribution in [2.75, 3.05) is 5.01 Å². The molecule has 1 N–H and O–H groups in total. The number of hydrazone groups is 1. The van der Waals surface area contributed by atoms with Crippen molar-refractivity contribution >= 4 is 23.3 Å². The fourth-order valence-electron chi connectivity index (χ4n) is 2.73. The van der Waals surface area contributed by atoms with Gasteiger partial charge >= 0.3 is 5.97 Å². The van der Waals surface area contributed by atoms with E-state index in [0.717, 1.165) is 5.56 Å². The molecule has 0 spiro atoms. The maximum Gasteiger partial charge on any atom is 0.338 e. The van der Waals surface area contributed by atoms with Crippen LogP contribution in [-0.4, -0.2) is 22.7 Å². The number of phenolic OH excluding ortho intramolecular Hbond substituents is 1. The molecule has 114 valence electrons. The van der Waals surface area contributed by atoms with Crippen LogP contribution in [0.15, 0.2) is 47.6 Å². The molecule has 0 radical (unpaired) electrons. The predicted molar refractivity (Wildman–Crippen MR) is 82.3 cm³/mol. The van der Waals surface area contributed by atoms with E-state index < -0.39 is 5.97 Å². The number of aromatic hydroxyl groups is 1. The molecule has 0 unspecified atom stereocenters. The molecular weight excluding hydrogens is 296 g/mol. The third kappa shape index (κ3) is 2.15. The summed E-state index contributed by atoms with van der Waals surface area (Å²) in [6, 6.07) is 11.9. The average Bonchev–Trinajstić information content (AvgIpc) is 3.11. The first kappa shape index (κ1) is 13.5. The van der Waals surface area contributed by atoms with Crippen molar-refractivity contribution in [1.29, 1.82) is 0 Å². The van der Waals surface area contributed by atoms with Gasteiger partial charge in [0.2, 0.25) is 0 Å². The van der Waals surface area contributed by atoms with E-state index in [4.69, 9.17) is 4.74 Å². The number of esters is 1. The standard InChI is InChI=1S/C17H12N2O4/c20-15-4-2-1-3-12(15)14-8-16(21)19(18-14)11-6-5-10-9-23-17(22)13(10)7-11/h1-7,20H,8-9H2. The van der Waals surface area contributed by atoms with Crippen LogP contribution < -0.4 is 5.01 Å². The lowest BCUT2D eigenvalue weighted by molar-refractivity contribution is -0.116. The minimum Gasteiger partial charge on any atom is -0.507 e. The molecule has 2 aliphatic rings. The molecule has 0 fully saturated rings. The number of para-hydroxylation sites is 1. The SMILES string of the molecule is O=C1OCc2ccc(N3N=C(c4ccccc4O)CC3=O)cc21. The van der Waals surface area contributed by atoms with Crippen molar-refractivity contribution in [3.8, 4) is 5.75 Å². The van der Waals surface area contributed by atoms with E-state index in [1.54, 1.807) is 42.5 Å². The van der Waals surface area contributed by atoms with Gasteiger partial charge in [-0.05, 0) is 24.3 Å². The van der Waals surface area contributed by atoms with Crippen LogP contribution in [0.1, 0.15) is 27.9 Å². The van der Waals surface area contributed by atoms with E-state index >= 15 is 0 Å². The van der Waals surface area contributed by atoms with Gasteiger partial charge in [-0.25, -0.2) is 9.80 Å². The minimum absolute atomic E-state index is 0.0819. The van der Waals surface area contributed by atoms with Crippen molar-refractivity contribution in [2.24, 2.45) is 5.10 Å². The maximum atomic E-state index is 12.3. The zero-order valence-corrected chi connectivity index (χ0v) is 12.0. The van der Waals surface area contributed by atoms with Crippen molar-refractivity contribution in [3.05, 3.63) is 59.2 Å². The third-order valence-corrected chi connectivity index (χ3v) is 3.91. The van der Waals surface area contributed by atoms with E-state index in [-0.39, 0.29) is 24.7 Å². The smallest absolute Gasteiger partial charge is 0.338 e. The first-order valence-corrected chi connectivity index (χ1v) is 7.12. The molecule has 23 heavy (non-hydrogen) atoms. The van der Waals surface area contributed by atoms with Gasteiger partial charge in [0.05, 0.1) is 23.4 Å². The molecular formula is C17H12N2O4. The van der Waals surface area contributed by atoms with Gasteiger partial charge in [-0.1, -0.05) is 18.2 Å². The minimum atomic E-state index is -0.390. The van der Waals surface area contributed by atoms with Crippen LogP contribution in [0.25, 0.3) is 0 Å². The Kier molecular flexibility index (Phi) is 2.90. The summed E-state index contributed by atoms with van der Waals surface area (Å²) in [5.41, 5.74) is 2.80. The number of rotatable bonds is 2. The molecule has 4 rings (SSSR count).